The van der Waals surface area contributed by atoms with Gasteiger partial charge in [0.1, 0.15) is 5.82 Å². The Hall–Kier alpha value is -1.28. The van der Waals surface area contributed by atoms with E-state index in [-0.39, 0.29) is 0 Å². The number of imidazole rings is 1. The molecule has 1 aromatic heterocycles. The van der Waals surface area contributed by atoms with Gasteiger partial charge in [0.05, 0.1) is 5.69 Å². The fourth-order valence-corrected chi connectivity index (χ4v) is 2.23. The molecule has 0 fully saturated rings. The smallest absolute Gasteiger partial charge is 0.113 e. The van der Waals surface area contributed by atoms with E-state index >= 15 is 0 Å². The van der Waals surface area contributed by atoms with Gasteiger partial charge in [-0.15, -0.1) is 11.6 Å². The van der Waals surface area contributed by atoms with Crippen molar-refractivity contribution < 1.29 is 0 Å². The summed E-state index contributed by atoms with van der Waals surface area (Å²) in [4.78, 5) is 4.40. The molecule has 1 heterocycles. The number of aryl methyl sites for hydroxylation is 2. The summed E-state index contributed by atoms with van der Waals surface area (Å²) in [6, 6.07) is 6.37. The van der Waals surface area contributed by atoms with Crippen LogP contribution in [0.25, 0.3) is 5.69 Å². The van der Waals surface area contributed by atoms with Crippen LogP contribution in [-0.2, 0) is 12.3 Å². The minimum absolute atomic E-state index is 0.529. The first-order valence-corrected chi connectivity index (χ1v) is 6.47. The van der Waals surface area contributed by atoms with Crippen molar-refractivity contribution >= 4 is 11.6 Å². The molecule has 17 heavy (non-hydrogen) atoms. The van der Waals surface area contributed by atoms with Crippen LogP contribution in [0.1, 0.15) is 30.3 Å². The number of benzene rings is 1. The van der Waals surface area contributed by atoms with E-state index in [2.05, 4.69) is 41.6 Å². The third-order valence-electron chi connectivity index (χ3n) is 2.83. The number of alkyl halides is 1. The number of hydrogen-bond donors (Lipinski definition) is 0. The minimum atomic E-state index is 0.529. The highest BCUT2D eigenvalue weighted by molar-refractivity contribution is 6.17. The lowest BCUT2D eigenvalue weighted by Crippen LogP contribution is -2.03. The molecule has 1 aromatic carbocycles. The molecule has 0 bridgehead atoms. The van der Waals surface area contributed by atoms with Crippen LogP contribution in [0.3, 0.4) is 0 Å². The van der Waals surface area contributed by atoms with Crippen molar-refractivity contribution in [2.24, 2.45) is 0 Å². The Morgan fingerprint density at radius 1 is 1.35 bits per heavy atom. The van der Waals surface area contributed by atoms with Gasteiger partial charge >= 0.3 is 0 Å². The zero-order chi connectivity index (χ0) is 12.3. The van der Waals surface area contributed by atoms with Crippen molar-refractivity contribution in [2.75, 3.05) is 0 Å². The Bertz CT molecular complexity index is 503. The van der Waals surface area contributed by atoms with Crippen LogP contribution in [0.5, 0.6) is 0 Å². The predicted molar refractivity (Wildman–Crippen MR) is 71.9 cm³/mol. The Kier molecular flexibility index (Phi) is 3.85. The van der Waals surface area contributed by atoms with E-state index in [0.717, 1.165) is 29.9 Å². The van der Waals surface area contributed by atoms with Crippen LogP contribution in [0.15, 0.2) is 30.6 Å². The molecule has 3 heteroatoms. The molecular formula is C14H17ClN2. The van der Waals surface area contributed by atoms with Crippen LogP contribution in [0.4, 0.5) is 0 Å². The van der Waals surface area contributed by atoms with Gasteiger partial charge in [-0.1, -0.05) is 24.6 Å². The molecule has 0 saturated carbocycles. The summed E-state index contributed by atoms with van der Waals surface area (Å²) >= 11 is 6.02. The van der Waals surface area contributed by atoms with Crippen LogP contribution in [-0.4, -0.2) is 9.55 Å². The molecule has 0 aliphatic carbocycles. The Balaban J connectivity index is 2.48. The standard InChI is InChI=1S/C14H17ClN2/c1-3-4-14-16-7-8-17(14)13-6-5-11(2)9-12(13)10-15/h5-9H,3-4,10H2,1-2H3. The molecule has 2 nitrogen and oxygen atoms in total. The molecule has 0 saturated heterocycles. The molecule has 0 radical (unpaired) electrons. The number of nitrogens with zero attached hydrogens (tertiary/aromatic N) is 2. The molecule has 90 valence electrons. The van der Waals surface area contributed by atoms with E-state index in [0.29, 0.717) is 5.88 Å². The van der Waals surface area contributed by atoms with E-state index in [4.69, 9.17) is 11.6 Å². The minimum Gasteiger partial charge on any atom is -0.303 e. The third kappa shape index (κ3) is 2.52. The second kappa shape index (κ2) is 5.37. The second-order valence-corrected chi connectivity index (χ2v) is 4.50. The van der Waals surface area contributed by atoms with Crippen LogP contribution < -0.4 is 0 Å². The van der Waals surface area contributed by atoms with E-state index in [1.54, 1.807) is 0 Å². The number of rotatable bonds is 4. The number of aromatic nitrogens is 2. The van der Waals surface area contributed by atoms with Crippen molar-refractivity contribution in [3.05, 3.63) is 47.5 Å². The Morgan fingerprint density at radius 2 is 2.18 bits per heavy atom. The average molecular weight is 249 g/mol. The lowest BCUT2D eigenvalue weighted by atomic mass is 10.1. The SMILES string of the molecule is CCCc1nccn1-c1ccc(C)cc1CCl. The summed E-state index contributed by atoms with van der Waals surface area (Å²) < 4.78 is 2.14. The number of hydrogen-bond acceptors (Lipinski definition) is 1. The molecule has 2 aromatic rings. The molecule has 0 amide bonds. The molecule has 0 spiro atoms. The molecule has 0 N–H and O–H groups in total. The summed E-state index contributed by atoms with van der Waals surface area (Å²) in [5.41, 5.74) is 3.54. The number of halogens is 1. The van der Waals surface area contributed by atoms with Gasteiger partial charge in [-0.2, -0.15) is 0 Å². The van der Waals surface area contributed by atoms with E-state index in [1.165, 1.54) is 5.56 Å². The van der Waals surface area contributed by atoms with Gasteiger partial charge in [0.25, 0.3) is 0 Å². The van der Waals surface area contributed by atoms with Gasteiger partial charge in [-0.3, -0.25) is 0 Å². The van der Waals surface area contributed by atoms with Gasteiger partial charge in [0.15, 0.2) is 0 Å². The van der Waals surface area contributed by atoms with Gasteiger partial charge in [0.2, 0.25) is 0 Å². The Morgan fingerprint density at radius 3 is 2.88 bits per heavy atom. The van der Waals surface area contributed by atoms with Crippen molar-refractivity contribution in [3.63, 3.8) is 0 Å². The zero-order valence-electron chi connectivity index (χ0n) is 10.3. The van der Waals surface area contributed by atoms with Crippen molar-refractivity contribution in [2.45, 2.75) is 32.6 Å². The topological polar surface area (TPSA) is 17.8 Å². The molecule has 0 atom stereocenters. The van der Waals surface area contributed by atoms with Crippen LogP contribution in [0.2, 0.25) is 0 Å². The fraction of sp³-hybridized carbons (Fsp3) is 0.357. The molecule has 0 aliphatic rings. The molecule has 2 rings (SSSR count). The highest BCUT2D eigenvalue weighted by Gasteiger charge is 2.08. The largest absolute Gasteiger partial charge is 0.303 e. The first-order valence-electron chi connectivity index (χ1n) is 5.94. The van der Waals surface area contributed by atoms with Gasteiger partial charge in [-0.25, -0.2) is 4.98 Å². The fourth-order valence-electron chi connectivity index (χ4n) is 2.02. The summed E-state index contributed by atoms with van der Waals surface area (Å²) in [5, 5.41) is 0. The van der Waals surface area contributed by atoms with Crippen molar-refractivity contribution in [3.8, 4) is 5.69 Å². The van der Waals surface area contributed by atoms with Crippen molar-refractivity contribution in [1.29, 1.82) is 0 Å². The van der Waals surface area contributed by atoms with Crippen molar-refractivity contribution in [1.82, 2.24) is 9.55 Å². The monoisotopic (exact) mass is 248 g/mol. The average Bonchev–Trinajstić information content (AvgIpc) is 2.77. The van der Waals surface area contributed by atoms with E-state index < -0.39 is 0 Å². The quantitative estimate of drug-likeness (QED) is 0.751. The lowest BCUT2D eigenvalue weighted by molar-refractivity contribution is 0.806. The molecule has 0 aliphatic heterocycles. The van der Waals surface area contributed by atoms with Crippen LogP contribution >= 0.6 is 11.6 Å². The summed E-state index contributed by atoms with van der Waals surface area (Å²) in [6.07, 6.45) is 5.94. The highest BCUT2D eigenvalue weighted by atomic mass is 35.5. The zero-order valence-corrected chi connectivity index (χ0v) is 11.0. The van der Waals surface area contributed by atoms with Crippen LogP contribution in [0, 0.1) is 6.92 Å². The highest BCUT2D eigenvalue weighted by Crippen LogP contribution is 2.20. The van der Waals surface area contributed by atoms with E-state index in [1.807, 2.05) is 12.4 Å². The third-order valence-corrected chi connectivity index (χ3v) is 3.12. The van der Waals surface area contributed by atoms with Gasteiger partial charge < -0.3 is 4.57 Å². The Labute approximate surface area is 107 Å². The van der Waals surface area contributed by atoms with Gasteiger partial charge in [-0.05, 0) is 25.0 Å². The first kappa shape index (κ1) is 12.2. The van der Waals surface area contributed by atoms with Gasteiger partial charge in [0, 0.05) is 24.7 Å². The molecular weight excluding hydrogens is 232 g/mol. The molecule has 0 unspecified atom stereocenters. The first-order chi connectivity index (χ1) is 8.26. The maximum Gasteiger partial charge on any atom is 0.113 e. The lowest BCUT2D eigenvalue weighted by Gasteiger charge is -2.12. The maximum atomic E-state index is 6.02. The second-order valence-electron chi connectivity index (χ2n) is 4.23. The summed E-state index contributed by atoms with van der Waals surface area (Å²) in [5.74, 6) is 1.63. The van der Waals surface area contributed by atoms with E-state index in [9.17, 15) is 0 Å². The normalized spacial score (nSPS) is 10.8. The predicted octanol–water partition coefficient (Wildman–Crippen LogP) is 3.87. The summed E-state index contributed by atoms with van der Waals surface area (Å²) in [6.45, 7) is 4.25. The summed E-state index contributed by atoms with van der Waals surface area (Å²) in [7, 11) is 0. The maximum absolute atomic E-state index is 6.02.